The van der Waals surface area contributed by atoms with Crippen molar-refractivity contribution in [3.05, 3.63) is 30.1 Å². The highest BCUT2D eigenvalue weighted by molar-refractivity contribution is 7.99. The standard InChI is InChI=1S/C18H26N2OS/c21-18(20-10-5-12-22-13-11-20)17(15-6-2-1-3-7-15)16-8-4-9-19-14-16/h4,8-9,14-15,17H,1-3,5-7,10-13H2/t17-/m1/s1. The number of thioether (sulfide) groups is 1. The van der Waals surface area contributed by atoms with E-state index in [-0.39, 0.29) is 5.92 Å². The summed E-state index contributed by atoms with van der Waals surface area (Å²) >= 11 is 1.97. The molecule has 4 heteroatoms. The number of hydrogen-bond acceptors (Lipinski definition) is 3. The molecular weight excluding hydrogens is 292 g/mol. The number of hydrogen-bond donors (Lipinski definition) is 0. The minimum atomic E-state index is 0.0251. The van der Waals surface area contributed by atoms with Crippen LogP contribution in [0.1, 0.15) is 50.0 Å². The van der Waals surface area contributed by atoms with Crippen molar-refractivity contribution in [3.8, 4) is 0 Å². The van der Waals surface area contributed by atoms with Crippen LogP contribution in [0.5, 0.6) is 0 Å². The molecule has 1 saturated carbocycles. The Kier molecular flexibility index (Phi) is 5.76. The molecular formula is C18H26N2OS. The monoisotopic (exact) mass is 318 g/mol. The summed E-state index contributed by atoms with van der Waals surface area (Å²) in [6, 6.07) is 4.06. The first-order chi connectivity index (χ1) is 10.9. The molecule has 1 amide bonds. The van der Waals surface area contributed by atoms with Crippen molar-refractivity contribution in [2.75, 3.05) is 24.6 Å². The fourth-order valence-corrected chi connectivity index (χ4v) is 4.69. The van der Waals surface area contributed by atoms with Gasteiger partial charge in [0.2, 0.25) is 5.91 Å². The molecule has 0 spiro atoms. The maximum atomic E-state index is 13.2. The summed E-state index contributed by atoms with van der Waals surface area (Å²) in [6.45, 7) is 1.84. The van der Waals surface area contributed by atoms with Gasteiger partial charge < -0.3 is 4.90 Å². The predicted molar refractivity (Wildman–Crippen MR) is 92.1 cm³/mol. The molecule has 3 nitrogen and oxygen atoms in total. The highest BCUT2D eigenvalue weighted by atomic mass is 32.2. The Balaban J connectivity index is 1.81. The van der Waals surface area contributed by atoms with Crippen LogP contribution in [0.2, 0.25) is 0 Å². The van der Waals surface area contributed by atoms with Crippen molar-refractivity contribution in [2.45, 2.75) is 44.4 Å². The molecule has 2 heterocycles. The van der Waals surface area contributed by atoms with Crippen LogP contribution in [0.25, 0.3) is 0 Å². The molecule has 1 atom stereocenters. The van der Waals surface area contributed by atoms with Crippen molar-refractivity contribution >= 4 is 17.7 Å². The van der Waals surface area contributed by atoms with Crippen LogP contribution >= 0.6 is 11.8 Å². The van der Waals surface area contributed by atoms with Crippen molar-refractivity contribution in [2.24, 2.45) is 5.92 Å². The average molecular weight is 318 g/mol. The highest BCUT2D eigenvalue weighted by Crippen LogP contribution is 2.37. The van der Waals surface area contributed by atoms with Gasteiger partial charge in [-0.3, -0.25) is 9.78 Å². The van der Waals surface area contributed by atoms with Gasteiger partial charge >= 0.3 is 0 Å². The number of carbonyl (C=O) groups is 1. The van der Waals surface area contributed by atoms with Gasteiger partial charge in [-0.05, 0) is 42.6 Å². The first kappa shape index (κ1) is 15.9. The Labute approximate surface area is 137 Å². The van der Waals surface area contributed by atoms with E-state index in [1.165, 1.54) is 37.9 Å². The molecule has 3 rings (SSSR count). The van der Waals surface area contributed by atoms with Crippen LogP contribution in [0.4, 0.5) is 0 Å². The van der Waals surface area contributed by atoms with E-state index in [4.69, 9.17) is 0 Å². The van der Waals surface area contributed by atoms with Crippen LogP contribution in [0.15, 0.2) is 24.5 Å². The summed E-state index contributed by atoms with van der Waals surface area (Å²) in [5.74, 6) is 3.14. The van der Waals surface area contributed by atoms with Crippen molar-refractivity contribution < 1.29 is 4.79 Å². The Bertz CT molecular complexity index is 465. The Hall–Kier alpha value is -1.03. The summed E-state index contributed by atoms with van der Waals surface area (Å²) in [5, 5.41) is 0. The zero-order valence-corrected chi connectivity index (χ0v) is 14.1. The zero-order valence-electron chi connectivity index (χ0n) is 13.2. The van der Waals surface area contributed by atoms with Crippen LogP contribution in [-0.2, 0) is 4.79 Å². The molecule has 0 unspecified atom stereocenters. The molecule has 1 saturated heterocycles. The second kappa shape index (κ2) is 8.00. The van der Waals surface area contributed by atoms with E-state index in [0.717, 1.165) is 30.8 Å². The average Bonchev–Trinajstić information content (AvgIpc) is 2.86. The lowest BCUT2D eigenvalue weighted by Crippen LogP contribution is -2.39. The SMILES string of the molecule is O=C([C@@H](c1cccnc1)C1CCCCC1)N1CCCSCC1. The molecule has 1 aliphatic heterocycles. The first-order valence-electron chi connectivity index (χ1n) is 8.63. The van der Waals surface area contributed by atoms with Gasteiger partial charge in [0.25, 0.3) is 0 Å². The second-order valence-corrected chi connectivity index (χ2v) is 7.68. The maximum absolute atomic E-state index is 13.2. The molecule has 22 heavy (non-hydrogen) atoms. The van der Waals surface area contributed by atoms with E-state index >= 15 is 0 Å². The summed E-state index contributed by atoms with van der Waals surface area (Å²) in [6.07, 6.45) is 11.1. The first-order valence-corrected chi connectivity index (χ1v) is 9.78. The highest BCUT2D eigenvalue weighted by Gasteiger charge is 2.34. The largest absolute Gasteiger partial charge is 0.341 e. The lowest BCUT2D eigenvalue weighted by molar-refractivity contribution is -0.134. The van der Waals surface area contributed by atoms with Crippen molar-refractivity contribution in [1.29, 1.82) is 0 Å². The maximum Gasteiger partial charge on any atom is 0.230 e. The van der Waals surface area contributed by atoms with Crippen LogP contribution < -0.4 is 0 Å². The third-order valence-corrected chi connectivity index (χ3v) is 6.01. The number of nitrogens with zero attached hydrogens (tertiary/aromatic N) is 2. The summed E-state index contributed by atoms with van der Waals surface area (Å²) in [5.41, 5.74) is 1.12. The number of amides is 1. The summed E-state index contributed by atoms with van der Waals surface area (Å²) < 4.78 is 0. The molecule has 1 aromatic rings. The van der Waals surface area contributed by atoms with Crippen LogP contribution in [-0.4, -0.2) is 40.4 Å². The third kappa shape index (κ3) is 3.83. The van der Waals surface area contributed by atoms with Gasteiger partial charge in [0.1, 0.15) is 0 Å². The summed E-state index contributed by atoms with van der Waals surface area (Å²) in [4.78, 5) is 19.6. The quantitative estimate of drug-likeness (QED) is 0.852. The molecule has 2 aliphatic rings. The van der Waals surface area contributed by atoms with Gasteiger partial charge in [-0.15, -0.1) is 0 Å². The lowest BCUT2D eigenvalue weighted by Gasteiger charge is -2.33. The van der Waals surface area contributed by atoms with Gasteiger partial charge in [-0.1, -0.05) is 25.3 Å². The van der Waals surface area contributed by atoms with Crippen molar-refractivity contribution in [3.63, 3.8) is 0 Å². The van der Waals surface area contributed by atoms with Crippen LogP contribution in [0.3, 0.4) is 0 Å². The van der Waals surface area contributed by atoms with Gasteiger partial charge in [0.15, 0.2) is 0 Å². The second-order valence-electron chi connectivity index (χ2n) is 6.45. The topological polar surface area (TPSA) is 33.2 Å². The summed E-state index contributed by atoms with van der Waals surface area (Å²) in [7, 11) is 0. The molecule has 0 N–H and O–H groups in total. The molecule has 0 aromatic carbocycles. The normalized spacial score (nSPS) is 22.1. The molecule has 1 aliphatic carbocycles. The van der Waals surface area contributed by atoms with Gasteiger partial charge in [-0.25, -0.2) is 0 Å². The van der Waals surface area contributed by atoms with Crippen LogP contribution in [0, 0.1) is 5.92 Å². The smallest absolute Gasteiger partial charge is 0.230 e. The molecule has 120 valence electrons. The Morgan fingerprint density at radius 2 is 2.05 bits per heavy atom. The van der Waals surface area contributed by atoms with E-state index in [9.17, 15) is 4.79 Å². The Morgan fingerprint density at radius 3 is 2.82 bits per heavy atom. The molecule has 2 fully saturated rings. The third-order valence-electron chi connectivity index (χ3n) is 4.96. The van der Waals surface area contributed by atoms with Gasteiger partial charge in [0, 0.05) is 31.2 Å². The van der Waals surface area contributed by atoms with E-state index < -0.39 is 0 Å². The lowest BCUT2D eigenvalue weighted by atomic mass is 9.76. The predicted octanol–water partition coefficient (Wildman–Crippen LogP) is 3.71. The molecule has 1 aromatic heterocycles. The molecule has 0 radical (unpaired) electrons. The van der Waals surface area contributed by atoms with Gasteiger partial charge in [0.05, 0.1) is 5.92 Å². The minimum Gasteiger partial charge on any atom is -0.341 e. The number of rotatable bonds is 3. The van der Waals surface area contributed by atoms with Gasteiger partial charge in [-0.2, -0.15) is 11.8 Å². The zero-order chi connectivity index (χ0) is 15.2. The number of carbonyl (C=O) groups excluding carboxylic acids is 1. The van der Waals surface area contributed by atoms with Crippen molar-refractivity contribution in [1.82, 2.24) is 9.88 Å². The Morgan fingerprint density at radius 1 is 1.18 bits per heavy atom. The van der Waals surface area contributed by atoms with E-state index in [1.54, 1.807) is 6.20 Å². The minimum absolute atomic E-state index is 0.0251. The van der Waals surface area contributed by atoms with E-state index in [0.29, 0.717) is 11.8 Å². The van der Waals surface area contributed by atoms with E-state index in [1.807, 2.05) is 24.0 Å². The fourth-order valence-electron chi connectivity index (χ4n) is 3.81. The molecule has 0 bridgehead atoms. The fraction of sp³-hybridized carbons (Fsp3) is 0.667. The number of pyridine rings is 1. The van der Waals surface area contributed by atoms with E-state index in [2.05, 4.69) is 16.0 Å². The number of aromatic nitrogens is 1.